The topological polar surface area (TPSA) is 87.1 Å². The van der Waals surface area contributed by atoms with E-state index in [0.29, 0.717) is 34.7 Å². The van der Waals surface area contributed by atoms with Crippen LogP contribution in [0.3, 0.4) is 0 Å². The van der Waals surface area contributed by atoms with Crippen LogP contribution in [-0.2, 0) is 4.74 Å². The molecule has 0 amide bonds. The van der Waals surface area contributed by atoms with Gasteiger partial charge in [0.1, 0.15) is 5.69 Å². The second-order valence-corrected chi connectivity index (χ2v) is 4.67. The van der Waals surface area contributed by atoms with Crippen LogP contribution >= 0.6 is 23.2 Å². The highest BCUT2D eigenvalue weighted by atomic mass is 35.5. The van der Waals surface area contributed by atoms with Crippen LogP contribution in [0.1, 0.15) is 18.4 Å². The summed E-state index contributed by atoms with van der Waals surface area (Å²) in [6, 6.07) is 1.18. The number of rotatable bonds is 5. The van der Waals surface area contributed by atoms with E-state index in [-0.39, 0.29) is 11.9 Å². The molecule has 0 fully saturated rings. The molecule has 2 aromatic rings. The molecule has 0 saturated carbocycles. The molecule has 102 valence electrons. The molecular formula is C11H12Cl2N4O2. The third kappa shape index (κ3) is 3.42. The molecule has 0 aliphatic heterocycles. The van der Waals surface area contributed by atoms with E-state index in [0.717, 1.165) is 0 Å². The van der Waals surface area contributed by atoms with Crippen LogP contribution in [0.5, 0.6) is 0 Å². The van der Waals surface area contributed by atoms with Crippen molar-refractivity contribution in [1.82, 2.24) is 15.1 Å². The maximum absolute atomic E-state index is 6.02. The zero-order valence-electron chi connectivity index (χ0n) is 10.1. The Labute approximate surface area is 119 Å². The predicted molar refractivity (Wildman–Crippen MR) is 71.0 cm³/mol. The first-order chi connectivity index (χ1) is 9.11. The first-order valence-corrected chi connectivity index (χ1v) is 6.27. The van der Waals surface area contributed by atoms with Gasteiger partial charge in [-0.15, -0.1) is 0 Å². The largest absolute Gasteiger partial charge is 0.385 e. The van der Waals surface area contributed by atoms with Gasteiger partial charge in [0.2, 0.25) is 11.7 Å². The molecule has 0 aromatic carbocycles. The molecule has 0 saturated heterocycles. The molecule has 8 heteroatoms. The Bertz CT molecular complexity index is 561. The molecule has 2 N–H and O–H groups in total. The van der Waals surface area contributed by atoms with Gasteiger partial charge >= 0.3 is 0 Å². The lowest BCUT2D eigenvalue weighted by atomic mass is 10.2. The second-order valence-electron chi connectivity index (χ2n) is 3.83. The van der Waals surface area contributed by atoms with Crippen molar-refractivity contribution >= 4 is 23.2 Å². The molecule has 0 spiro atoms. The smallest absolute Gasteiger partial charge is 0.244 e. The predicted octanol–water partition coefficient (Wildman–Crippen LogP) is 2.47. The average molecular weight is 303 g/mol. The number of hydrogen-bond donors (Lipinski definition) is 1. The molecular weight excluding hydrogens is 291 g/mol. The highest BCUT2D eigenvalue weighted by Gasteiger charge is 2.18. The quantitative estimate of drug-likeness (QED) is 0.913. The van der Waals surface area contributed by atoms with Crippen molar-refractivity contribution in [2.45, 2.75) is 12.5 Å². The summed E-state index contributed by atoms with van der Waals surface area (Å²) in [5, 5.41) is 4.60. The van der Waals surface area contributed by atoms with Crippen molar-refractivity contribution in [3.63, 3.8) is 0 Å². The monoisotopic (exact) mass is 302 g/mol. The minimum atomic E-state index is -0.382. The Morgan fingerprint density at radius 3 is 2.95 bits per heavy atom. The molecule has 6 nitrogen and oxygen atoms in total. The molecule has 0 aliphatic carbocycles. The second kappa shape index (κ2) is 6.29. The lowest BCUT2D eigenvalue weighted by Gasteiger charge is -2.04. The fourth-order valence-electron chi connectivity index (χ4n) is 1.43. The number of hydrogen-bond acceptors (Lipinski definition) is 6. The van der Waals surface area contributed by atoms with E-state index in [2.05, 4.69) is 15.1 Å². The zero-order valence-corrected chi connectivity index (χ0v) is 11.6. The average Bonchev–Trinajstić information content (AvgIpc) is 2.85. The highest BCUT2D eigenvalue weighted by molar-refractivity contribution is 6.35. The van der Waals surface area contributed by atoms with E-state index in [1.807, 2.05) is 0 Å². The normalized spacial score (nSPS) is 12.6. The number of methoxy groups -OCH3 is 1. The van der Waals surface area contributed by atoms with Gasteiger partial charge < -0.3 is 15.0 Å². The van der Waals surface area contributed by atoms with Gasteiger partial charge in [0, 0.05) is 19.9 Å². The van der Waals surface area contributed by atoms with E-state index in [9.17, 15) is 0 Å². The van der Waals surface area contributed by atoms with Gasteiger partial charge in [-0.2, -0.15) is 4.98 Å². The van der Waals surface area contributed by atoms with Crippen molar-refractivity contribution in [2.24, 2.45) is 5.73 Å². The van der Waals surface area contributed by atoms with Gasteiger partial charge in [0.15, 0.2) is 0 Å². The number of nitrogens with two attached hydrogens (primary N) is 1. The Morgan fingerprint density at radius 2 is 2.26 bits per heavy atom. The summed E-state index contributed by atoms with van der Waals surface area (Å²) in [5.41, 5.74) is 6.29. The summed E-state index contributed by atoms with van der Waals surface area (Å²) >= 11 is 11.8. The van der Waals surface area contributed by atoms with E-state index >= 15 is 0 Å². The molecule has 2 heterocycles. The SMILES string of the molecule is COCCC(N)c1nc(-c2ncc(Cl)cc2Cl)no1. The maximum atomic E-state index is 6.02. The highest BCUT2D eigenvalue weighted by Crippen LogP contribution is 2.26. The van der Waals surface area contributed by atoms with Crippen LogP contribution in [-0.4, -0.2) is 28.8 Å². The van der Waals surface area contributed by atoms with Crippen molar-refractivity contribution < 1.29 is 9.26 Å². The first kappa shape index (κ1) is 14.2. The van der Waals surface area contributed by atoms with Gasteiger partial charge in [-0.05, 0) is 12.5 Å². The van der Waals surface area contributed by atoms with E-state index < -0.39 is 0 Å². The standard InChI is InChI=1S/C11H12Cl2N4O2/c1-18-3-2-8(14)11-16-10(17-19-11)9-7(13)4-6(12)5-15-9/h4-5,8H,2-3,14H2,1H3. The zero-order chi connectivity index (χ0) is 13.8. The summed E-state index contributed by atoms with van der Waals surface area (Å²) in [6.45, 7) is 0.513. The Kier molecular flexibility index (Phi) is 4.71. The van der Waals surface area contributed by atoms with Gasteiger partial charge in [-0.3, -0.25) is 0 Å². The minimum absolute atomic E-state index is 0.282. The number of nitrogens with zero attached hydrogens (tertiary/aromatic N) is 3. The number of aromatic nitrogens is 3. The molecule has 1 atom stereocenters. The Balaban J connectivity index is 2.20. The minimum Gasteiger partial charge on any atom is -0.385 e. The summed E-state index contributed by atoms with van der Waals surface area (Å²) in [6.07, 6.45) is 2.05. The maximum Gasteiger partial charge on any atom is 0.244 e. The van der Waals surface area contributed by atoms with Crippen LogP contribution in [0.2, 0.25) is 10.0 Å². The molecule has 0 bridgehead atoms. The van der Waals surface area contributed by atoms with Gasteiger partial charge in [-0.25, -0.2) is 4.98 Å². The van der Waals surface area contributed by atoms with E-state index in [1.165, 1.54) is 6.20 Å². The summed E-state index contributed by atoms with van der Waals surface area (Å²) in [7, 11) is 1.60. The fraction of sp³-hybridized carbons (Fsp3) is 0.364. The van der Waals surface area contributed by atoms with Crippen LogP contribution < -0.4 is 5.73 Å². The molecule has 0 radical (unpaired) electrons. The fourth-order valence-corrected chi connectivity index (χ4v) is 1.89. The van der Waals surface area contributed by atoms with Crippen molar-refractivity contribution in [2.75, 3.05) is 13.7 Å². The summed E-state index contributed by atoms with van der Waals surface area (Å²) < 4.78 is 10.0. The van der Waals surface area contributed by atoms with Gasteiger partial charge in [0.25, 0.3) is 0 Å². The lowest BCUT2D eigenvalue weighted by molar-refractivity contribution is 0.182. The van der Waals surface area contributed by atoms with Gasteiger partial charge in [0.05, 0.1) is 16.1 Å². The third-order valence-corrected chi connectivity index (χ3v) is 2.91. The Morgan fingerprint density at radius 1 is 1.47 bits per heavy atom. The number of ether oxygens (including phenoxy) is 1. The number of pyridine rings is 1. The van der Waals surface area contributed by atoms with E-state index in [4.69, 9.17) is 38.2 Å². The van der Waals surface area contributed by atoms with E-state index in [1.54, 1.807) is 13.2 Å². The number of halogens is 2. The van der Waals surface area contributed by atoms with Crippen molar-refractivity contribution in [3.05, 3.63) is 28.2 Å². The van der Waals surface area contributed by atoms with Crippen LogP contribution in [0, 0.1) is 0 Å². The molecule has 2 aromatic heterocycles. The molecule has 2 rings (SSSR count). The van der Waals surface area contributed by atoms with Crippen molar-refractivity contribution in [3.8, 4) is 11.5 Å². The summed E-state index contributed by atoms with van der Waals surface area (Å²) in [5.74, 6) is 0.601. The molecule has 0 aliphatic rings. The Hall–Kier alpha value is -1.21. The van der Waals surface area contributed by atoms with Crippen LogP contribution in [0.25, 0.3) is 11.5 Å². The first-order valence-electron chi connectivity index (χ1n) is 5.51. The lowest BCUT2D eigenvalue weighted by Crippen LogP contribution is -2.13. The van der Waals surface area contributed by atoms with Crippen LogP contribution in [0.4, 0.5) is 0 Å². The third-order valence-electron chi connectivity index (χ3n) is 2.41. The molecule has 1 unspecified atom stereocenters. The molecule has 19 heavy (non-hydrogen) atoms. The van der Waals surface area contributed by atoms with Crippen molar-refractivity contribution in [1.29, 1.82) is 0 Å². The van der Waals surface area contributed by atoms with Gasteiger partial charge in [-0.1, -0.05) is 28.4 Å². The van der Waals surface area contributed by atoms with Crippen LogP contribution in [0.15, 0.2) is 16.8 Å². The summed E-state index contributed by atoms with van der Waals surface area (Å²) in [4.78, 5) is 8.24.